The molecule has 1 saturated heterocycles. The second-order valence-electron chi connectivity index (χ2n) is 7.91. The molecule has 1 aliphatic rings. The fraction of sp³-hybridized carbons (Fsp3) is 0.524. The average molecular weight is 415 g/mol. The van der Waals surface area contributed by atoms with Gasteiger partial charge in [0.1, 0.15) is 6.04 Å². The Morgan fingerprint density at radius 3 is 2.50 bits per heavy atom. The molecule has 2 aromatic rings. The zero-order chi connectivity index (χ0) is 21.8. The maximum Gasteiger partial charge on any atom is 0.328 e. The van der Waals surface area contributed by atoms with Gasteiger partial charge < -0.3 is 24.8 Å². The Labute approximate surface area is 175 Å². The van der Waals surface area contributed by atoms with Gasteiger partial charge in [-0.1, -0.05) is 26.0 Å². The Morgan fingerprint density at radius 1 is 1.20 bits per heavy atom. The minimum Gasteiger partial charge on any atom is -0.467 e. The maximum absolute atomic E-state index is 12.8. The van der Waals surface area contributed by atoms with Gasteiger partial charge in [-0.2, -0.15) is 0 Å². The smallest absolute Gasteiger partial charge is 0.328 e. The molecular formula is C21H29N5O4. The third-order valence-electron chi connectivity index (χ3n) is 5.50. The number of benzene rings is 1. The Kier molecular flexibility index (Phi) is 6.59. The van der Waals surface area contributed by atoms with E-state index in [0.717, 1.165) is 11.0 Å². The van der Waals surface area contributed by atoms with E-state index in [0.29, 0.717) is 31.7 Å². The van der Waals surface area contributed by atoms with Crippen LogP contribution in [0.1, 0.15) is 26.7 Å². The van der Waals surface area contributed by atoms with Crippen molar-refractivity contribution in [3.63, 3.8) is 0 Å². The lowest BCUT2D eigenvalue weighted by Crippen LogP contribution is -2.53. The van der Waals surface area contributed by atoms with E-state index < -0.39 is 18.0 Å². The van der Waals surface area contributed by atoms with E-state index in [4.69, 9.17) is 4.74 Å². The topological polar surface area (TPSA) is 106 Å². The van der Waals surface area contributed by atoms with E-state index in [9.17, 15) is 14.4 Å². The zero-order valence-electron chi connectivity index (χ0n) is 17.8. The summed E-state index contributed by atoms with van der Waals surface area (Å²) in [4.78, 5) is 43.5. The molecule has 1 fully saturated rings. The predicted octanol–water partition coefficient (Wildman–Crippen LogP) is 1.40. The number of urea groups is 1. The summed E-state index contributed by atoms with van der Waals surface area (Å²) < 4.78 is 6.37. The molecule has 0 saturated carbocycles. The molecule has 1 aromatic heterocycles. The van der Waals surface area contributed by atoms with Crippen molar-refractivity contribution in [2.24, 2.45) is 13.0 Å². The first-order chi connectivity index (χ1) is 14.3. The normalized spacial score (nSPS) is 15.8. The van der Waals surface area contributed by atoms with E-state index in [1.54, 1.807) is 11.6 Å². The molecule has 1 aromatic carbocycles. The Bertz CT molecular complexity index is 979. The van der Waals surface area contributed by atoms with E-state index >= 15 is 0 Å². The largest absolute Gasteiger partial charge is 0.467 e. The van der Waals surface area contributed by atoms with Crippen LogP contribution in [-0.2, 0) is 16.6 Å². The van der Waals surface area contributed by atoms with Crippen LogP contribution < -0.4 is 21.1 Å². The molecule has 30 heavy (non-hydrogen) atoms. The highest BCUT2D eigenvalue weighted by Crippen LogP contribution is 2.18. The van der Waals surface area contributed by atoms with Gasteiger partial charge in [-0.15, -0.1) is 0 Å². The van der Waals surface area contributed by atoms with Crippen LogP contribution in [0.25, 0.3) is 11.0 Å². The third kappa shape index (κ3) is 4.55. The van der Waals surface area contributed by atoms with Gasteiger partial charge in [0.05, 0.1) is 18.1 Å². The Morgan fingerprint density at radius 2 is 1.87 bits per heavy atom. The van der Waals surface area contributed by atoms with Crippen LogP contribution in [0.5, 0.6) is 0 Å². The quantitative estimate of drug-likeness (QED) is 0.715. The van der Waals surface area contributed by atoms with Crippen molar-refractivity contribution in [3.8, 4) is 0 Å². The van der Waals surface area contributed by atoms with Gasteiger partial charge in [-0.05, 0) is 30.9 Å². The summed E-state index contributed by atoms with van der Waals surface area (Å²) >= 11 is 0. The van der Waals surface area contributed by atoms with Crippen molar-refractivity contribution >= 4 is 28.9 Å². The minimum atomic E-state index is -0.695. The molecule has 9 heteroatoms. The van der Waals surface area contributed by atoms with E-state index in [1.165, 1.54) is 7.11 Å². The number of aryl methyl sites for hydroxylation is 1. The van der Waals surface area contributed by atoms with Gasteiger partial charge in [0.15, 0.2) is 5.82 Å². The van der Waals surface area contributed by atoms with Crippen LogP contribution in [0.15, 0.2) is 29.1 Å². The molecule has 9 nitrogen and oxygen atoms in total. The highest BCUT2D eigenvalue weighted by atomic mass is 16.5. The van der Waals surface area contributed by atoms with E-state index in [1.807, 2.05) is 43.0 Å². The van der Waals surface area contributed by atoms with E-state index in [-0.39, 0.29) is 17.5 Å². The summed E-state index contributed by atoms with van der Waals surface area (Å²) in [5.41, 5.74) is 1.44. The van der Waals surface area contributed by atoms with Crippen molar-refractivity contribution in [2.45, 2.75) is 38.8 Å². The number of rotatable bonds is 5. The Balaban J connectivity index is 1.62. The lowest BCUT2D eigenvalue weighted by molar-refractivity contribution is -0.144. The molecule has 0 aliphatic carbocycles. The van der Waals surface area contributed by atoms with Crippen LogP contribution in [0, 0.1) is 5.92 Å². The molecular weight excluding hydrogens is 386 g/mol. The second-order valence-corrected chi connectivity index (χ2v) is 7.91. The van der Waals surface area contributed by atoms with Crippen molar-refractivity contribution in [1.82, 2.24) is 20.2 Å². The number of methoxy groups -OCH3 is 1. The van der Waals surface area contributed by atoms with Gasteiger partial charge in [-0.3, -0.25) is 4.79 Å². The van der Waals surface area contributed by atoms with Crippen molar-refractivity contribution in [3.05, 3.63) is 34.6 Å². The number of anilines is 1. The predicted molar refractivity (Wildman–Crippen MR) is 115 cm³/mol. The van der Waals surface area contributed by atoms with Gasteiger partial charge in [-0.25, -0.2) is 14.6 Å². The van der Waals surface area contributed by atoms with Gasteiger partial charge in [0.25, 0.3) is 5.56 Å². The molecule has 0 spiro atoms. The number of carbonyl (C=O) groups excluding carboxylic acids is 2. The average Bonchev–Trinajstić information content (AvgIpc) is 2.74. The van der Waals surface area contributed by atoms with Crippen molar-refractivity contribution in [2.75, 3.05) is 25.1 Å². The SMILES string of the molecule is COC(=O)C(NC(=O)NC1CCN(c2nc3ccccc3n(C)c2=O)CC1)C(C)C. The molecule has 2 amide bonds. The lowest BCUT2D eigenvalue weighted by atomic mass is 10.0. The number of fused-ring (bicyclic) bond motifs is 1. The zero-order valence-corrected chi connectivity index (χ0v) is 17.8. The molecule has 2 heterocycles. The first kappa shape index (κ1) is 21.6. The maximum atomic E-state index is 12.8. The number of hydrogen-bond donors (Lipinski definition) is 2. The molecule has 0 bridgehead atoms. The summed E-state index contributed by atoms with van der Waals surface area (Å²) in [6.07, 6.45) is 1.35. The lowest BCUT2D eigenvalue weighted by Gasteiger charge is -2.33. The van der Waals surface area contributed by atoms with Crippen LogP contribution in [0.2, 0.25) is 0 Å². The Hall–Kier alpha value is -3.10. The molecule has 1 unspecified atom stereocenters. The highest BCUT2D eigenvalue weighted by Gasteiger charge is 2.28. The first-order valence-electron chi connectivity index (χ1n) is 10.2. The van der Waals surface area contributed by atoms with Crippen LogP contribution in [-0.4, -0.2) is 53.8 Å². The van der Waals surface area contributed by atoms with E-state index in [2.05, 4.69) is 15.6 Å². The number of para-hydroxylation sites is 2. The fourth-order valence-electron chi connectivity index (χ4n) is 3.70. The third-order valence-corrected chi connectivity index (χ3v) is 5.50. The molecule has 3 rings (SSSR count). The number of amides is 2. The number of piperidine rings is 1. The summed E-state index contributed by atoms with van der Waals surface area (Å²) in [7, 11) is 3.05. The van der Waals surface area contributed by atoms with Crippen LogP contribution >= 0.6 is 0 Å². The second kappa shape index (κ2) is 9.15. The summed E-state index contributed by atoms with van der Waals surface area (Å²) in [5, 5.41) is 5.61. The highest BCUT2D eigenvalue weighted by molar-refractivity contribution is 5.83. The summed E-state index contributed by atoms with van der Waals surface area (Å²) in [6, 6.07) is 6.42. The number of aromatic nitrogens is 2. The standard InChI is InChI=1S/C21H29N5O4/c1-13(2)17(20(28)30-4)24-21(29)22-14-9-11-26(12-10-14)18-19(27)25(3)16-8-6-5-7-15(16)23-18/h5-8,13-14,17H,9-12H2,1-4H3,(H2,22,24,29). The van der Waals surface area contributed by atoms with Crippen LogP contribution in [0.4, 0.5) is 10.6 Å². The monoisotopic (exact) mass is 415 g/mol. The van der Waals surface area contributed by atoms with Crippen molar-refractivity contribution < 1.29 is 14.3 Å². The number of nitrogens with one attached hydrogen (secondary N) is 2. The summed E-state index contributed by atoms with van der Waals surface area (Å²) in [6.45, 7) is 4.90. The number of carbonyl (C=O) groups is 2. The number of nitrogens with zero attached hydrogens (tertiary/aromatic N) is 3. The number of ether oxygens (including phenoxy) is 1. The van der Waals surface area contributed by atoms with Gasteiger partial charge in [0, 0.05) is 26.2 Å². The fourth-order valence-corrected chi connectivity index (χ4v) is 3.70. The molecule has 2 N–H and O–H groups in total. The molecule has 0 radical (unpaired) electrons. The van der Waals surface area contributed by atoms with Gasteiger partial charge in [0.2, 0.25) is 0 Å². The first-order valence-corrected chi connectivity index (χ1v) is 10.2. The number of esters is 1. The summed E-state index contributed by atoms with van der Waals surface area (Å²) in [5.74, 6) is -0.113. The molecule has 1 aliphatic heterocycles. The van der Waals surface area contributed by atoms with Crippen molar-refractivity contribution in [1.29, 1.82) is 0 Å². The van der Waals surface area contributed by atoms with Crippen LogP contribution in [0.3, 0.4) is 0 Å². The number of hydrogen-bond acceptors (Lipinski definition) is 6. The molecule has 1 atom stereocenters. The molecule has 162 valence electrons. The van der Waals surface area contributed by atoms with Gasteiger partial charge >= 0.3 is 12.0 Å². The minimum absolute atomic E-state index is 0.0454.